The van der Waals surface area contributed by atoms with Gasteiger partial charge in [0.2, 0.25) is 5.56 Å². The molecule has 2 N–H and O–H groups in total. The largest absolute Gasteiger partial charge is 0.466 e. The number of carbonyl (C=O) groups is 1. The Morgan fingerprint density at radius 3 is 2.27 bits per heavy atom. The molecule has 10 heteroatoms. The van der Waals surface area contributed by atoms with Crippen LogP contribution in [-0.4, -0.2) is 45.9 Å². The van der Waals surface area contributed by atoms with Gasteiger partial charge in [-0.15, -0.1) is 0 Å². The number of benzene rings is 1. The van der Waals surface area contributed by atoms with Gasteiger partial charge >= 0.3 is 11.9 Å². The van der Waals surface area contributed by atoms with Crippen molar-refractivity contribution < 1.29 is 27.8 Å². The Balaban J connectivity index is 0.000000918. The van der Waals surface area contributed by atoms with Gasteiger partial charge in [-0.25, -0.2) is 13.2 Å². The fourth-order valence-electron chi connectivity index (χ4n) is 4.17. The predicted octanol–water partition coefficient (Wildman–Crippen LogP) is 8.15. The summed E-state index contributed by atoms with van der Waals surface area (Å²) in [6.45, 7) is 13.7. The fraction of sp³-hybridized carbons (Fsp3) is 0.600. The molecule has 2 aromatic heterocycles. The van der Waals surface area contributed by atoms with E-state index in [1.54, 1.807) is 23.6 Å². The van der Waals surface area contributed by atoms with Gasteiger partial charge in [-0.1, -0.05) is 66.0 Å². The average molecular weight is 591 g/mol. The van der Waals surface area contributed by atoms with Crippen LogP contribution < -0.4 is 5.56 Å². The third-order valence-corrected chi connectivity index (χ3v) is 6.33. The summed E-state index contributed by atoms with van der Waals surface area (Å²) in [6, 6.07) is 4.58. The van der Waals surface area contributed by atoms with E-state index in [9.17, 15) is 27.9 Å². The number of fused-ring (bicyclic) bond motifs is 3. The third-order valence-electron chi connectivity index (χ3n) is 6.04. The van der Waals surface area contributed by atoms with Crippen LogP contribution in [0.15, 0.2) is 23.0 Å². The molecule has 2 heterocycles. The van der Waals surface area contributed by atoms with Crippen LogP contribution >= 0.6 is 11.6 Å². The van der Waals surface area contributed by atoms with Gasteiger partial charge in [0.05, 0.1) is 23.7 Å². The van der Waals surface area contributed by atoms with Crippen molar-refractivity contribution in [3.63, 3.8) is 0 Å². The number of esters is 1. The van der Waals surface area contributed by atoms with E-state index in [1.165, 1.54) is 6.07 Å². The summed E-state index contributed by atoms with van der Waals surface area (Å²) >= 11 is 6.28. The van der Waals surface area contributed by atoms with Crippen LogP contribution in [0.4, 0.5) is 13.2 Å². The van der Waals surface area contributed by atoms with E-state index in [2.05, 4.69) is 11.9 Å². The maximum atomic E-state index is 13.5. The average Bonchev–Trinajstić information content (AvgIpc) is 3.21. The number of aromatic nitrogens is 2. The van der Waals surface area contributed by atoms with Crippen molar-refractivity contribution in [2.45, 2.75) is 106 Å². The van der Waals surface area contributed by atoms with E-state index in [0.29, 0.717) is 41.6 Å². The number of aromatic amines is 1. The molecule has 0 radical (unpaired) electrons. The van der Waals surface area contributed by atoms with Crippen molar-refractivity contribution in [2.24, 2.45) is 0 Å². The molecule has 0 aliphatic rings. The smallest absolute Gasteiger partial charge is 0.305 e. The zero-order chi connectivity index (χ0) is 31.0. The highest BCUT2D eigenvalue weighted by Crippen LogP contribution is 2.36. The maximum absolute atomic E-state index is 13.5. The van der Waals surface area contributed by atoms with E-state index >= 15 is 0 Å². The summed E-state index contributed by atoms with van der Waals surface area (Å²) in [5.74, 6) is -3.88. The Bertz CT molecular complexity index is 1240. The van der Waals surface area contributed by atoms with E-state index in [4.69, 9.17) is 16.3 Å². The monoisotopic (exact) mass is 590 g/mol. The molecule has 0 spiro atoms. The van der Waals surface area contributed by atoms with Gasteiger partial charge in [0.15, 0.2) is 6.67 Å². The quantitative estimate of drug-likeness (QED) is 0.184. The Morgan fingerprint density at radius 1 is 1.12 bits per heavy atom. The number of aryl methyl sites for hydroxylation is 1. The number of aliphatic hydroxyl groups excluding tert-OH is 1. The number of halogens is 4. The first-order chi connectivity index (χ1) is 19.0. The molecule has 0 fully saturated rings. The van der Waals surface area contributed by atoms with Crippen LogP contribution in [0, 0.1) is 6.92 Å². The van der Waals surface area contributed by atoms with Gasteiger partial charge in [-0.05, 0) is 44.4 Å². The number of alkyl halides is 3. The molecule has 0 saturated carbocycles. The first-order valence-electron chi connectivity index (χ1n) is 14.1. The molecule has 3 aromatic rings. The lowest BCUT2D eigenvalue weighted by molar-refractivity contribution is -0.143. The predicted molar refractivity (Wildman–Crippen MR) is 160 cm³/mol. The number of hydrogen-bond acceptors (Lipinski definition) is 4. The molecular weight excluding hydrogens is 545 g/mol. The number of nitrogens with zero attached hydrogens (tertiary/aromatic N) is 1. The summed E-state index contributed by atoms with van der Waals surface area (Å²) in [6.07, 6.45) is 2.27. The fourth-order valence-corrected chi connectivity index (χ4v) is 4.47. The minimum absolute atomic E-state index is 0.0593. The highest BCUT2D eigenvalue weighted by Gasteiger charge is 2.39. The molecule has 1 atom stereocenters. The van der Waals surface area contributed by atoms with Crippen molar-refractivity contribution in [3.05, 3.63) is 44.8 Å². The van der Waals surface area contributed by atoms with E-state index in [-0.39, 0.29) is 16.6 Å². The van der Waals surface area contributed by atoms with Crippen molar-refractivity contribution in [3.8, 4) is 0 Å². The van der Waals surface area contributed by atoms with Crippen LogP contribution in [0.2, 0.25) is 5.02 Å². The number of carbonyl (C=O) groups excluding carboxylic acids is 1. The minimum Gasteiger partial charge on any atom is -0.466 e. The second-order valence-electron chi connectivity index (χ2n) is 8.56. The van der Waals surface area contributed by atoms with E-state index in [1.807, 2.05) is 41.5 Å². The van der Waals surface area contributed by atoms with Crippen molar-refractivity contribution >= 4 is 39.4 Å². The third kappa shape index (κ3) is 9.84. The number of rotatable bonds is 10. The minimum atomic E-state index is -3.82. The Labute approximate surface area is 240 Å². The summed E-state index contributed by atoms with van der Waals surface area (Å²) in [7, 11) is 0. The molecular formula is C30H46ClF3N2O4. The van der Waals surface area contributed by atoms with Gasteiger partial charge in [-0.3, -0.25) is 9.59 Å². The zero-order valence-electron chi connectivity index (χ0n) is 25.1. The number of H-pyrrole nitrogens is 1. The van der Waals surface area contributed by atoms with Crippen molar-refractivity contribution in [2.75, 3.05) is 13.3 Å². The number of hydrogen-bond donors (Lipinski definition) is 2. The van der Waals surface area contributed by atoms with E-state index < -0.39 is 25.2 Å². The van der Waals surface area contributed by atoms with Crippen LogP contribution in [0.25, 0.3) is 21.8 Å². The lowest BCUT2D eigenvalue weighted by atomic mass is 10.0. The molecule has 3 rings (SSSR count). The number of unbranched alkanes of at least 4 members (excludes halogenated alkanes) is 2. The number of nitrogens with one attached hydrogen (secondary N) is 1. The topological polar surface area (TPSA) is 84.3 Å². The molecule has 0 saturated heterocycles. The van der Waals surface area contributed by atoms with Crippen LogP contribution in [0.5, 0.6) is 0 Å². The number of pyridine rings is 1. The Hall–Kier alpha value is -2.52. The molecule has 1 unspecified atom stereocenters. The van der Waals surface area contributed by atoms with Gasteiger partial charge in [0, 0.05) is 34.5 Å². The molecule has 1 aromatic carbocycles. The highest BCUT2D eigenvalue weighted by molar-refractivity contribution is 6.37. The Kier molecular flexibility index (Phi) is 17.6. The normalized spacial score (nSPS) is 11.5. The van der Waals surface area contributed by atoms with Gasteiger partial charge in [0.1, 0.15) is 6.10 Å². The standard InChI is InChI=1S/C18H18ClF3N2O2.C8H16O2.2C2H6/c1-3-10-9(2)24(7-14(25)18(21,22)8-20)13-5-4-12-17(16(10)13)11(19)6-15(26)23-12;1-3-5-6-7-8(9)10-4-2;2*1-2/h4-6,14,25H,3,7-8H2,1-2H3,(H,23,26);3-7H2,1-2H3;2*1-2H3. The van der Waals surface area contributed by atoms with Crippen molar-refractivity contribution in [1.29, 1.82) is 0 Å². The second-order valence-corrected chi connectivity index (χ2v) is 8.97. The SMILES string of the molecule is CC.CC.CCCCCC(=O)OCC.CCc1c(C)n(CC(O)C(F)(F)CF)c2ccc3[nH]c(=O)cc(Cl)c3c12. The van der Waals surface area contributed by atoms with Crippen LogP contribution in [0.3, 0.4) is 0 Å². The lowest BCUT2D eigenvalue weighted by Crippen LogP contribution is -2.38. The van der Waals surface area contributed by atoms with Gasteiger partial charge in [0.25, 0.3) is 0 Å². The summed E-state index contributed by atoms with van der Waals surface area (Å²) < 4.78 is 45.9. The molecule has 0 amide bonds. The lowest BCUT2D eigenvalue weighted by Gasteiger charge is -2.21. The second kappa shape index (κ2) is 18.8. The molecule has 40 heavy (non-hydrogen) atoms. The van der Waals surface area contributed by atoms with E-state index in [0.717, 1.165) is 30.2 Å². The maximum Gasteiger partial charge on any atom is 0.305 e. The Morgan fingerprint density at radius 2 is 1.75 bits per heavy atom. The molecule has 0 aliphatic heterocycles. The highest BCUT2D eigenvalue weighted by atomic mass is 35.5. The molecule has 0 bridgehead atoms. The summed E-state index contributed by atoms with van der Waals surface area (Å²) in [5.41, 5.74) is 2.35. The summed E-state index contributed by atoms with van der Waals surface area (Å²) in [5, 5.41) is 11.4. The van der Waals surface area contributed by atoms with Crippen LogP contribution in [-0.2, 0) is 22.5 Å². The first-order valence-corrected chi connectivity index (χ1v) is 14.5. The van der Waals surface area contributed by atoms with Gasteiger partial charge in [-0.2, -0.15) is 0 Å². The van der Waals surface area contributed by atoms with Crippen LogP contribution in [0.1, 0.15) is 85.4 Å². The number of aliphatic hydroxyl groups is 1. The van der Waals surface area contributed by atoms with Gasteiger partial charge < -0.3 is 19.4 Å². The molecule has 228 valence electrons. The summed E-state index contributed by atoms with van der Waals surface area (Å²) in [4.78, 5) is 25.1. The van der Waals surface area contributed by atoms with Crippen molar-refractivity contribution in [1.82, 2.24) is 9.55 Å². The molecule has 0 aliphatic carbocycles. The number of ether oxygens (including phenoxy) is 1. The molecule has 6 nitrogen and oxygen atoms in total. The zero-order valence-corrected chi connectivity index (χ0v) is 25.9. The first kappa shape index (κ1) is 37.5.